The zero-order valence-corrected chi connectivity index (χ0v) is 15.3. The lowest BCUT2D eigenvalue weighted by Gasteiger charge is -2.17. The fraction of sp³-hybridized carbons (Fsp3) is 0.600. The molecule has 154 valence electrons. The average Bonchev–Trinajstić information content (AvgIpc) is 2.92. The van der Waals surface area contributed by atoms with Crippen molar-refractivity contribution in [3.8, 4) is 0 Å². The van der Waals surface area contributed by atoms with Crippen LogP contribution >= 0.6 is 0 Å². The quantitative estimate of drug-likeness (QED) is 0.195. The van der Waals surface area contributed by atoms with Crippen LogP contribution in [0, 0.1) is 5.92 Å². The molecule has 0 aromatic carbocycles. The van der Waals surface area contributed by atoms with Crippen LogP contribution in [0.25, 0.3) is 0 Å². The Hall–Kier alpha value is -3.38. The van der Waals surface area contributed by atoms with Gasteiger partial charge in [-0.05, 0) is 6.42 Å². The van der Waals surface area contributed by atoms with Crippen LogP contribution < -0.4 is 26.8 Å². The third-order valence-corrected chi connectivity index (χ3v) is 4.04. The van der Waals surface area contributed by atoms with E-state index >= 15 is 0 Å². The molecular formula is C15H23N7O6. The zero-order valence-electron chi connectivity index (χ0n) is 15.3. The van der Waals surface area contributed by atoms with E-state index in [0.717, 1.165) is 13.0 Å². The van der Waals surface area contributed by atoms with Crippen molar-refractivity contribution in [2.75, 3.05) is 26.2 Å². The summed E-state index contributed by atoms with van der Waals surface area (Å²) in [5, 5.41) is 16.4. The highest BCUT2D eigenvalue weighted by Crippen LogP contribution is 2.09. The smallest absolute Gasteiger partial charge is 0.325 e. The van der Waals surface area contributed by atoms with Crippen LogP contribution in [0.4, 0.5) is 4.79 Å². The van der Waals surface area contributed by atoms with Gasteiger partial charge in [0.15, 0.2) is 0 Å². The highest BCUT2D eigenvalue weighted by molar-refractivity contribution is 6.07. The van der Waals surface area contributed by atoms with Gasteiger partial charge >= 0.3 is 12.0 Å². The predicted octanol–water partition coefficient (Wildman–Crippen LogP) is -2.90. The highest BCUT2D eigenvalue weighted by Gasteiger charge is 2.40. The molecule has 0 spiro atoms. The summed E-state index contributed by atoms with van der Waals surface area (Å²) in [6, 6.07) is -1.89. The standard InChI is InChI=1S/C15H23N7O6/c1-8(13(26)27)6-18-11(24)7-22-12(25)9(19-15(22)28)5-10(23)20-21-14-16-3-2-4-17-14/h8-9H,2-7H2,1H3,(H,18,24)(H,19,28)(H,20,23)(H,26,27)(H2,16,17,21)/t8-,9-/m0/s1. The summed E-state index contributed by atoms with van der Waals surface area (Å²) < 4.78 is 0. The van der Waals surface area contributed by atoms with Crippen molar-refractivity contribution in [3.63, 3.8) is 0 Å². The Morgan fingerprint density at radius 2 is 2.07 bits per heavy atom. The molecule has 0 bridgehead atoms. The molecule has 2 aliphatic rings. The van der Waals surface area contributed by atoms with E-state index in [4.69, 9.17) is 5.11 Å². The summed E-state index contributed by atoms with van der Waals surface area (Å²) in [6.45, 7) is 2.07. The molecule has 0 aromatic rings. The Balaban J connectivity index is 1.78. The number of carboxylic acids is 1. The maximum Gasteiger partial charge on any atom is 0.325 e. The van der Waals surface area contributed by atoms with Gasteiger partial charge in [-0.1, -0.05) is 6.92 Å². The number of rotatable bonds is 7. The number of urea groups is 1. The number of hydrogen-bond donors (Lipinski definition) is 6. The van der Waals surface area contributed by atoms with E-state index in [0.29, 0.717) is 17.4 Å². The molecule has 2 rings (SSSR count). The number of nitrogens with zero attached hydrogens (tertiary/aromatic N) is 2. The van der Waals surface area contributed by atoms with Gasteiger partial charge in [-0.25, -0.2) is 4.79 Å². The van der Waals surface area contributed by atoms with Crippen molar-refractivity contribution < 1.29 is 29.1 Å². The molecule has 6 N–H and O–H groups in total. The molecular weight excluding hydrogens is 374 g/mol. The average molecular weight is 397 g/mol. The summed E-state index contributed by atoms with van der Waals surface area (Å²) in [7, 11) is 0. The summed E-state index contributed by atoms with van der Waals surface area (Å²) in [6.07, 6.45) is 0.569. The maximum absolute atomic E-state index is 12.3. The summed E-state index contributed by atoms with van der Waals surface area (Å²) >= 11 is 0. The predicted molar refractivity (Wildman–Crippen MR) is 94.7 cm³/mol. The Labute approximate surface area is 160 Å². The minimum atomic E-state index is -1.10. The molecule has 2 aliphatic heterocycles. The topological polar surface area (TPSA) is 181 Å². The fourth-order valence-corrected chi connectivity index (χ4v) is 2.40. The number of guanidine groups is 1. The summed E-state index contributed by atoms with van der Waals surface area (Å²) in [5.41, 5.74) is 4.97. The molecule has 0 aliphatic carbocycles. The Bertz CT molecular complexity index is 694. The van der Waals surface area contributed by atoms with Crippen molar-refractivity contribution in [1.82, 2.24) is 31.7 Å². The van der Waals surface area contributed by atoms with E-state index in [2.05, 4.69) is 31.8 Å². The van der Waals surface area contributed by atoms with Crippen LogP contribution in [0.2, 0.25) is 0 Å². The number of nitrogens with one attached hydrogen (secondary N) is 5. The van der Waals surface area contributed by atoms with Crippen molar-refractivity contribution >= 4 is 35.7 Å². The zero-order chi connectivity index (χ0) is 20.7. The number of carboxylic acid groups (broad SMARTS) is 1. The van der Waals surface area contributed by atoms with Gasteiger partial charge in [0, 0.05) is 19.6 Å². The molecule has 28 heavy (non-hydrogen) atoms. The molecule has 1 saturated heterocycles. The normalized spacial score (nSPS) is 19.8. The van der Waals surface area contributed by atoms with E-state index in [1.54, 1.807) is 0 Å². The van der Waals surface area contributed by atoms with Gasteiger partial charge in [0.2, 0.25) is 17.8 Å². The van der Waals surface area contributed by atoms with Crippen LogP contribution in [-0.2, 0) is 19.2 Å². The van der Waals surface area contributed by atoms with Crippen molar-refractivity contribution in [2.24, 2.45) is 10.9 Å². The van der Waals surface area contributed by atoms with Gasteiger partial charge in [0.05, 0.1) is 12.3 Å². The fourth-order valence-electron chi connectivity index (χ4n) is 2.40. The van der Waals surface area contributed by atoms with E-state index in [1.165, 1.54) is 6.92 Å². The molecule has 5 amide bonds. The first-order valence-corrected chi connectivity index (χ1v) is 8.72. The van der Waals surface area contributed by atoms with Crippen LogP contribution in [0.5, 0.6) is 0 Å². The SMILES string of the molecule is C[C@@H](CNC(=O)CN1C(=O)N[C@@H](CC(=O)NNC2=NCCCN2)C1=O)C(=O)O. The lowest BCUT2D eigenvalue weighted by molar-refractivity contribution is -0.141. The number of hydrazine groups is 1. The third kappa shape index (κ3) is 5.82. The number of amides is 5. The largest absolute Gasteiger partial charge is 0.481 e. The second-order valence-corrected chi connectivity index (χ2v) is 6.36. The number of carbonyl (C=O) groups excluding carboxylic acids is 4. The molecule has 0 unspecified atom stereocenters. The van der Waals surface area contributed by atoms with Gasteiger partial charge < -0.3 is 21.1 Å². The monoisotopic (exact) mass is 397 g/mol. The third-order valence-electron chi connectivity index (χ3n) is 4.04. The van der Waals surface area contributed by atoms with E-state index in [1.807, 2.05) is 0 Å². The van der Waals surface area contributed by atoms with Crippen molar-refractivity contribution in [1.29, 1.82) is 0 Å². The van der Waals surface area contributed by atoms with Gasteiger partial charge in [0.1, 0.15) is 12.6 Å². The minimum absolute atomic E-state index is 0.132. The Morgan fingerprint density at radius 3 is 2.71 bits per heavy atom. The molecule has 13 nitrogen and oxygen atoms in total. The summed E-state index contributed by atoms with van der Waals surface area (Å²) in [4.78, 5) is 63.5. The van der Waals surface area contributed by atoms with Crippen LogP contribution in [0.1, 0.15) is 19.8 Å². The minimum Gasteiger partial charge on any atom is -0.481 e. The molecule has 2 atom stereocenters. The van der Waals surface area contributed by atoms with Gasteiger partial charge in [-0.2, -0.15) is 0 Å². The van der Waals surface area contributed by atoms with Crippen molar-refractivity contribution in [3.05, 3.63) is 0 Å². The van der Waals surface area contributed by atoms with E-state index in [-0.39, 0.29) is 13.0 Å². The lowest BCUT2D eigenvalue weighted by atomic mass is 10.2. The maximum atomic E-state index is 12.3. The van der Waals surface area contributed by atoms with Crippen LogP contribution in [-0.4, -0.2) is 77.9 Å². The lowest BCUT2D eigenvalue weighted by Crippen LogP contribution is -2.51. The molecule has 1 fully saturated rings. The number of aliphatic carboxylic acids is 1. The molecule has 0 saturated carbocycles. The molecule has 13 heteroatoms. The van der Waals surface area contributed by atoms with Crippen molar-refractivity contribution in [2.45, 2.75) is 25.8 Å². The first-order valence-electron chi connectivity index (χ1n) is 8.72. The Morgan fingerprint density at radius 1 is 1.32 bits per heavy atom. The van der Waals surface area contributed by atoms with Crippen LogP contribution in [0.15, 0.2) is 4.99 Å². The molecule has 0 aromatic heterocycles. The number of hydrogen-bond acceptors (Lipinski definition) is 8. The first kappa shape index (κ1) is 20.9. The number of aliphatic imine (C=N–C) groups is 1. The van der Waals surface area contributed by atoms with Gasteiger partial charge in [-0.15, -0.1) is 0 Å². The van der Waals surface area contributed by atoms with E-state index < -0.39 is 48.2 Å². The first-order chi connectivity index (χ1) is 13.3. The molecule has 2 heterocycles. The Kier molecular flexibility index (Phi) is 7.12. The molecule has 0 radical (unpaired) electrons. The second kappa shape index (κ2) is 9.53. The van der Waals surface area contributed by atoms with Gasteiger partial charge in [-0.3, -0.25) is 39.9 Å². The van der Waals surface area contributed by atoms with Crippen LogP contribution in [0.3, 0.4) is 0 Å². The van der Waals surface area contributed by atoms with Gasteiger partial charge in [0.25, 0.3) is 5.91 Å². The number of imide groups is 1. The second-order valence-electron chi connectivity index (χ2n) is 6.36. The highest BCUT2D eigenvalue weighted by atomic mass is 16.4. The number of carbonyl (C=O) groups is 5. The van der Waals surface area contributed by atoms with E-state index in [9.17, 15) is 24.0 Å². The summed E-state index contributed by atoms with van der Waals surface area (Å²) in [5.74, 6) is -3.41.